The average molecular weight is 256 g/mol. The van der Waals surface area contributed by atoms with Gasteiger partial charge in [0.2, 0.25) is 0 Å². The van der Waals surface area contributed by atoms with Gasteiger partial charge >= 0.3 is 5.97 Å². The van der Waals surface area contributed by atoms with Gasteiger partial charge in [0.15, 0.2) is 5.69 Å². The molecule has 1 fully saturated rings. The largest absolute Gasteiger partial charge is 0.477 e. The Bertz CT molecular complexity index is 635. The van der Waals surface area contributed by atoms with E-state index in [1.54, 1.807) is 6.07 Å². The number of carboxylic acid groups (broad SMARTS) is 1. The summed E-state index contributed by atoms with van der Waals surface area (Å²) < 4.78 is 0. The molecule has 1 aromatic carbocycles. The van der Waals surface area contributed by atoms with Crippen LogP contribution in [0.5, 0.6) is 0 Å². The van der Waals surface area contributed by atoms with Crippen molar-refractivity contribution in [3.63, 3.8) is 0 Å². The van der Waals surface area contributed by atoms with Gasteiger partial charge in [-0.1, -0.05) is 24.3 Å². The number of anilines is 1. The zero-order chi connectivity index (χ0) is 13.4. The normalized spacial score (nSPS) is 15.2. The molecule has 1 aliphatic rings. The van der Waals surface area contributed by atoms with Crippen LogP contribution in [-0.4, -0.2) is 29.1 Å². The molecule has 1 saturated carbocycles. The third-order valence-corrected chi connectivity index (χ3v) is 3.90. The first-order valence-corrected chi connectivity index (χ1v) is 6.53. The Hall–Kier alpha value is -2.10. The van der Waals surface area contributed by atoms with Gasteiger partial charge in [-0.3, -0.25) is 0 Å². The fourth-order valence-electron chi connectivity index (χ4n) is 2.51. The predicted molar refractivity (Wildman–Crippen MR) is 74.7 cm³/mol. The standard InChI is InChI=1S/C15H16N2O2/c1-17(11-6-4-7-11)14-12-8-3-2-5-10(12)9-13(16-14)15(18)19/h2-3,5,8-9,11H,4,6-7H2,1H3,(H,18,19). The molecule has 0 amide bonds. The van der Waals surface area contributed by atoms with Crippen LogP contribution in [-0.2, 0) is 0 Å². The summed E-state index contributed by atoms with van der Waals surface area (Å²) in [6, 6.07) is 9.93. The number of nitrogens with zero attached hydrogens (tertiary/aromatic N) is 2. The van der Waals surface area contributed by atoms with Crippen molar-refractivity contribution >= 4 is 22.6 Å². The van der Waals surface area contributed by atoms with E-state index in [1.807, 2.05) is 31.3 Å². The maximum absolute atomic E-state index is 11.2. The fourth-order valence-corrected chi connectivity index (χ4v) is 2.51. The molecule has 0 atom stereocenters. The molecule has 0 radical (unpaired) electrons. The Morgan fingerprint density at radius 2 is 2.11 bits per heavy atom. The van der Waals surface area contributed by atoms with E-state index in [9.17, 15) is 9.90 Å². The number of fused-ring (bicyclic) bond motifs is 1. The second-order valence-electron chi connectivity index (χ2n) is 5.05. The first-order chi connectivity index (χ1) is 9.16. The highest BCUT2D eigenvalue weighted by atomic mass is 16.4. The van der Waals surface area contributed by atoms with Crippen LogP contribution in [0.3, 0.4) is 0 Å². The van der Waals surface area contributed by atoms with Gasteiger partial charge in [-0.25, -0.2) is 9.78 Å². The molecule has 0 spiro atoms. The maximum atomic E-state index is 11.2. The lowest BCUT2D eigenvalue weighted by Crippen LogP contribution is -2.37. The van der Waals surface area contributed by atoms with Gasteiger partial charge in [0.05, 0.1) is 0 Å². The molecule has 1 aliphatic carbocycles. The van der Waals surface area contributed by atoms with E-state index in [0.29, 0.717) is 6.04 Å². The van der Waals surface area contributed by atoms with Crippen molar-refractivity contribution in [2.75, 3.05) is 11.9 Å². The van der Waals surface area contributed by atoms with Gasteiger partial charge in [0.25, 0.3) is 0 Å². The van der Waals surface area contributed by atoms with Gasteiger partial charge in [-0.2, -0.15) is 0 Å². The lowest BCUT2D eigenvalue weighted by Gasteiger charge is -2.36. The highest BCUT2D eigenvalue weighted by Crippen LogP contribution is 2.32. The number of aromatic nitrogens is 1. The molecule has 2 aromatic rings. The van der Waals surface area contributed by atoms with Crippen molar-refractivity contribution in [3.8, 4) is 0 Å². The van der Waals surface area contributed by atoms with Crippen molar-refractivity contribution < 1.29 is 9.90 Å². The Balaban J connectivity index is 2.16. The smallest absolute Gasteiger partial charge is 0.354 e. The van der Waals surface area contributed by atoms with Crippen molar-refractivity contribution in [2.24, 2.45) is 0 Å². The topological polar surface area (TPSA) is 53.4 Å². The molecule has 0 unspecified atom stereocenters. The lowest BCUT2D eigenvalue weighted by atomic mass is 9.91. The Morgan fingerprint density at radius 3 is 2.74 bits per heavy atom. The van der Waals surface area contributed by atoms with Gasteiger partial charge in [-0.15, -0.1) is 0 Å². The van der Waals surface area contributed by atoms with Crippen molar-refractivity contribution in [1.29, 1.82) is 0 Å². The van der Waals surface area contributed by atoms with E-state index in [0.717, 1.165) is 29.4 Å². The molecule has 1 N–H and O–H groups in total. The SMILES string of the molecule is CN(c1nc(C(=O)O)cc2ccccc12)C1CCC1. The number of pyridine rings is 1. The molecule has 0 bridgehead atoms. The lowest BCUT2D eigenvalue weighted by molar-refractivity contribution is 0.0691. The fraction of sp³-hybridized carbons (Fsp3) is 0.333. The zero-order valence-electron chi connectivity index (χ0n) is 10.8. The van der Waals surface area contributed by atoms with Crippen molar-refractivity contribution in [2.45, 2.75) is 25.3 Å². The summed E-state index contributed by atoms with van der Waals surface area (Å²) in [5, 5.41) is 11.1. The minimum atomic E-state index is -0.978. The zero-order valence-corrected chi connectivity index (χ0v) is 10.8. The van der Waals surface area contributed by atoms with Gasteiger partial charge in [0.1, 0.15) is 5.82 Å². The molecule has 3 rings (SSSR count). The van der Waals surface area contributed by atoms with Crippen LogP contribution in [0.15, 0.2) is 30.3 Å². The van der Waals surface area contributed by atoms with Crippen LogP contribution >= 0.6 is 0 Å². The molecule has 19 heavy (non-hydrogen) atoms. The molecular formula is C15H16N2O2. The Morgan fingerprint density at radius 1 is 1.37 bits per heavy atom. The van der Waals surface area contributed by atoms with Gasteiger partial charge in [0, 0.05) is 18.5 Å². The van der Waals surface area contributed by atoms with Crippen LogP contribution < -0.4 is 4.90 Å². The van der Waals surface area contributed by atoms with Gasteiger partial charge in [-0.05, 0) is 30.7 Å². The van der Waals surface area contributed by atoms with E-state index in [4.69, 9.17) is 0 Å². The van der Waals surface area contributed by atoms with E-state index < -0.39 is 5.97 Å². The number of hydrogen-bond donors (Lipinski definition) is 1. The van der Waals surface area contributed by atoms with E-state index >= 15 is 0 Å². The van der Waals surface area contributed by atoms with E-state index in [2.05, 4.69) is 9.88 Å². The minimum absolute atomic E-state index is 0.111. The number of rotatable bonds is 3. The summed E-state index contributed by atoms with van der Waals surface area (Å²) in [4.78, 5) is 17.6. The molecular weight excluding hydrogens is 240 g/mol. The molecule has 1 aromatic heterocycles. The van der Waals surface area contributed by atoms with Gasteiger partial charge < -0.3 is 10.0 Å². The molecule has 0 aliphatic heterocycles. The third-order valence-electron chi connectivity index (χ3n) is 3.90. The van der Waals surface area contributed by atoms with Crippen molar-refractivity contribution in [3.05, 3.63) is 36.0 Å². The summed E-state index contributed by atoms with van der Waals surface area (Å²) >= 11 is 0. The summed E-state index contributed by atoms with van der Waals surface area (Å²) in [5.41, 5.74) is 0.111. The summed E-state index contributed by atoms with van der Waals surface area (Å²) in [7, 11) is 2.00. The average Bonchev–Trinajstić information content (AvgIpc) is 2.35. The molecule has 4 heteroatoms. The minimum Gasteiger partial charge on any atom is -0.477 e. The van der Waals surface area contributed by atoms with E-state index in [-0.39, 0.29) is 5.69 Å². The highest BCUT2D eigenvalue weighted by molar-refractivity contribution is 5.98. The number of aromatic carboxylic acids is 1. The second-order valence-corrected chi connectivity index (χ2v) is 5.05. The summed E-state index contributed by atoms with van der Waals surface area (Å²) in [6.07, 6.45) is 3.55. The first kappa shape index (κ1) is 12.0. The highest BCUT2D eigenvalue weighted by Gasteiger charge is 2.25. The molecule has 4 nitrogen and oxygen atoms in total. The van der Waals surface area contributed by atoms with Crippen LogP contribution in [0.1, 0.15) is 29.8 Å². The second kappa shape index (κ2) is 4.53. The third kappa shape index (κ3) is 2.03. The number of carbonyl (C=O) groups is 1. The summed E-state index contributed by atoms with van der Waals surface area (Å²) in [5.74, 6) is -0.200. The van der Waals surface area contributed by atoms with Crippen LogP contribution in [0.2, 0.25) is 0 Å². The molecule has 1 heterocycles. The van der Waals surface area contributed by atoms with Crippen molar-refractivity contribution in [1.82, 2.24) is 4.98 Å². The Labute approximate surface area is 111 Å². The molecule has 98 valence electrons. The Kier molecular flexibility index (Phi) is 2.85. The van der Waals surface area contributed by atoms with E-state index in [1.165, 1.54) is 6.42 Å². The quantitative estimate of drug-likeness (QED) is 0.917. The summed E-state index contributed by atoms with van der Waals surface area (Å²) in [6.45, 7) is 0. The number of hydrogen-bond acceptors (Lipinski definition) is 3. The maximum Gasteiger partial charge on any atom is 0.354 e. The number of benzene rings is 1. The predicted octanol–water partition coefficient (Wildman–Crippen LogP) is 2.92. The molecule has 0 saturated heterocycles. The van der Waals surface area contributed by atoms with Crippen LogP contribution in [0, 0.1) is 0 Å². The van der Waals surface area contributed by atoms with Crippen LogP contribution in [0.25, 0.3) is 10.8 Å². The number of carboxylic acids is 1. The van der Waals surface area contributed by atoms with Crippen LogP contribution in [0.4, 0.5) is 5.82 Å². The monoisotopic (exact) mass is 256 g/mol. The first-order valence-electron chi connectivity index (χ1n) is 6.53.